The number of hydrogen-bond donors (Lipinski definition) is 5. The van der Waals surface area contributed by atoms with E-state index in [0.29, 0.717) is 6.42 Å². The second-order valence-electron chi connectivity index (χ2n) is 12.4. The lowest BCUT2D eigenvalue weighted by Gasteiger charge is -2.33. The molecule has 248 valence electrons. The monoisotopic (exact) mass is 659 g/mol. The van der Waals surface area contributed by atoms with E-state index in [4.69, 9.17) is 4.74 Å². The standard InChI is InChI=1S/C35H41N5O6S/c1-35(2,3)31(40-34(45)46-21-27-20-36-22-47-27)32(42)39-29(18-23-9-5-4-6-10-23)30(41)19-26(38-33(43)44)17-24-12-14-25(15-13-24)28-11-7-8-16-37-28/h4-16,20,22,26,29-31,38,41H,17-19,21H2,1-3H3,(H,39,42)(H,40,45)(H,43,44)/t26-,29-,30-,31+/m0/s1. The molecule has 2 heterocycles. The summed E-state index contributed by atoms with van der Waals surface area (Å²) in [5.74, 6) is -0.500. The van der Waals surface area contributed by atoms with Crippen LogP contribution in [0.2, 0.25) is 0 Å². The second kappa shape index (κ2) is 16.7. The third kappa shape index (κ3) is 11.2. The second-order valence-corrected chi connectivity index (χ2v) is 13.3. The first-order chi connectivity index (χ1) is 22.5. The van der Waals surface area contributed by atoms with E-state index in [9.17, 15) is 24.6 Å². The van der Waals surface area contributed by atoms with Gasteiger partial charge in [0, 0.05) is 24.0 Å². The van der Waals surface area contributed by atoms with Crippen LogP contribution >= 0.6 is 11.3 Å². The van der Waals surface area contributed by atoms with Crippen molar-refractivity contribution in [2.24, 2.45) is 5.41 Å². The molecule has 0 spiro atoms. The topological polar surface area (TPSA) is 163 Å². The summed E-state index contributed by atoms with van der Waals surface area (Å²) in [7, 11) is 0. The number of rotatable bonds is 14. The van der Waals surface area contributed by atoms with Crippen molar-refractivity contribution in [2.45, 2.75) is 70.9 Å². The van der Waals surface area contributed by atoms with Gasteiger partial charge in [-0.25, -0.2) is 9.59 Å². The minimum atomic E-state index is -1.22. The molecule has 0 radical (unpaired) electrons. The molecule has 2 aromatic carbocycles. The molecule has 47 heavy (non-hydrogen) atoms. The highest BCUT2D eigenvalue weighted by Gasteiger charge is 2.36. The van der Waals surface area contributed by atoms with Crippen LogP contribution in [0.25, 0.3) is 11.3 Å². The van der Waals surface area contributed by atoms with Gasteiger partial charge in [0.2, 0.25) is 5.91 Å². The maximum atomic E-state index is 13.8. The summed E-state index contributed by atoms with van der Waals surface area (Å²) in [5.41, 5.74) is 4.42. The zero-order chi connectivity index (χ0) is 33.8. The predicted octanol–water partition coefficient (Wildman–Crippen LogP) is 5.20. The lowest BCUT2D eigenvalue weighted by Crippen LogP contribution is -2.58. The minimum Gasteiger partial charge on any atom is -0.465 e. The quantitative estimate of drug-likeness (QED) is 0.123. The molecule has 4 aromatic rings. The molecule has 0 saturated carbocycles. The molecule has 11 nitrogen and oxygen atoms in total. The number of nitrogens with zero attached hydrogens (tertiary/aromatic N) is 2. The van der Waals surface area contributed by atoms with Crippen LogP contribution in [0.5, 0.6) is 0 Å². The van der Waals surface area contributed by atoms with Gasteiger partial charge in [-0.1, -0.05) is 81.4 Å². The van der Waals surface area contributed by atoms with E-state index in [2.05, 4.69) is 25.9 Å². The molecular weight excluding hydrogens is 618 g/mol. The number of nitrogens with one attached hydrogen (secondary N) is 3. The summed E-state index contributed by atoms with van der Waals surface area (Å²) in [6.45, 7) is 5.47. The number of carbonyl (C=O) groups excluding carboxylic acids is 2. The molecule has 0 aliphatic rings. The number of carboxylic acid groups (broad SMARTS) is 1. The summed E-state index contributed by atoms with van der Waals surface area (Å²) >= 11 is 1.35. The van der Waals surface area contributed by atoms with Gasteiger partial charge in [0.05, 0.1) is 28.2 Å². The van der Waals surface area contributed by atoms with Gasteiger partial charge < -0.3 is 30.9 Å². The Morgan fingerprint density at radius 3 is 2.21 bits per heavy atom. The number of aliphatic hydroxyl groups is 1. The molecule has 0 fully saturated rings. The van der Waals surface area contributed by atoms with Crippen molar-refractivity contribution in [3.05, 3.63) is 107 Å². The molecule has 2 aromatic heterocycles. The largest absolute Gasteiger partial charge is 0.465 e. The van der Waals surface area contributed by atoms with Gasteiger partial charge in [0.1, 0.15) is 12.6 Å². The molecule has 3 amide bonds. The van der Waals surface area contributed by atoms with Gasteiger partial charge in [-0.15, -0.1) is 11.3 Å². The molecular formula is C35H41N5O6S. The maximum Gasteiger partial charge on any atom is 0.408 e. The maximum absolute atomic E-state index is 13.8. The van der Waals surface area contributed by atoms with Crippen LogP contribution in [0.4, 0.5) is 9.59 Å². The lowest BCUT2D eigenvalue weighted by molar-refractivity contribution is -0.127. The average molecular weight is 660 g/mol. The van der Waals surface area contributed by atoms with Crippen LogP contribution in [0.1, 0.15) is 43.2 Å². The average Bonchev–Trinajstić information content (AvgIpc) is 3.56. The zero-order valence-corrected chi connectivity index (χ0v) is 27.4. The van der Waals surface area contributed by atoms with E-state index in [0.717, 1.165) is 27.3 Å². The normalized spacial score (nSPS) is 13.9. The number of alkyl carbamates (subject to hydrolysis) is 1. The summed E-state index contributed by atoms with van der Waals surface area (Å²) in [6, 6.07) is 20.2. The van der Waals surface area contributed by atoms with Gasteiger partial charge in [-0.2, -0.15) is 0 Å². The van der Waals surface area contributed by atoms with Crippen LogP contribution in [0, 0.1) is 5.41 Å². The van der Waals surface area contributed by atoms with Crippen molar-refractivity contribution >= 4 is 29.4 Å². The van der Waals surface area contributed by atoms with E-state index < -0.39 is 47.7 Å². The van der Waals surface area contributed by atoms with Crippen molar-refractivity contribution in [1.82, 2.24) is 25.9 Å². The number of thiazole rings is 1. The van der Waals surface area contributed by atoms with Crippen molar-refractivity contribution in [3.63, 3.8) is 0 Å². The third-order valence-corrected chi connectivity index (χ3v) is 8.31. The minimum absolute atomic E-state index is 0.0220. The Labute approximate surface area is 278 Å². The molecule has 12 heteroatoms. The van der Waals surface area contributed by atoms with Gasteiger partial charge in [0.15, 0.2) is 0 Å². The highest BCUT2D eigenvalue weighted by molar-refractivity contribution is 7.09. The first-order valence-electron chi connectivity index (χ1n) is 15.3. The Kier molecular flexibility index (Phi) is 12.4. The first-order valence-corrected chi connectivity index (χ1v) is 16.2. The van der Waals surface area contributed by atoms with Crippen molar-refractivity contribution in [3.8, 4) is 11.3 Å². The van der Waals surface area contributed by atoms with Crippen molar-refractivity contribution < 1.29 is 29.3 Å². The number of pyridine rings is 1. The van der Waals surface area contributed by atoms with Gasteiger partial charge in [0.25, 0.3) is 0 Å². The van der Waals surface area contributed by atoms with Gasteiger partial charge in [-0.3, -0.25) is 14.8 Å². The van der Waals surface area contributed by atoms with Crippen molar-refractivity contribution in [1.29, 1.82) is 0 Å². The fraction of sp³-hybridized carbons (Fsp3) is 0.343. The zero-order valence-electron chi connectivity index (χ0n) is 26.6. The predicted molar refractivity (Wildman–Crippen MR) is 180 cm³/mol. The van der Waals surface area contributed by atoms with E-state index >= 15 is 0 Å². The number of carbonyl (C=O) groups is 3. The van der Waals surface area contributed by atoms with Crippen LogP contribution in [0.15, 0.2) is 90.7 Å². The Balaban J connectivity index is 1.48. The molecule has 0 aliphatic carbocycles. The fourth-order valence-electron chi connectivity index (χ4n) is 5.16. The van der Waals surface area contributed by atoms with E-state index in [1.165, 1.54) is 11.3 Å². The summed E-state index contributed by atoms with van der Waals surface area (Å²) in [4.78, 5) is 47.3. The lowest BCUT2D eigenvalue weighted by atomic mass is 9.85. The Morgan fingerprint density at radius 1 is 0.894 bits per heavy atom. The highest BCUT2D eigenvalue weighted by atomic mass is 32.1. The molecule has 4 atom stereocenters. The van der Waals surface area contributed by atoms with Crippen LogP contribution in [-0.4, -0.2) is 62.5 Å². The summed E-state index contributed by atoms with van der Waals surface area (Å²) in [6.07, 6.45) is 0.828. The smallest absolute Gasteiger partial charge is 0.408 e. The number of benzene rings is 2. The molecule has 4 rings (SSSR count). The molecule has 0 bridgehead atoms. The van der Waals surface area contributed by atoms with E-state index in [1.807, 2.05) is 93.6 Å². The molecule has 0 saturated heterocycles. The Morgan fingerprint density at radius 2 is 1.60 bits per heavy atom. The molecule has 0 unspecified atom stereocenters. The highest BCUT2D eigenvalue weighted by Crippen LogP contribution is 2.22. The Hall–Kier alpha value is -4.81. The third-order valence-electron chi connectivity index (χ3n) is 7.56. The number of hydrogen-bond acceptors (Lipinski definition) is 8. The van der Waals surface area contributed by atoms with Crippen LogP contribution < -0.4 is 16.0 Å². The number of aliphatic hydroxyl groups excluding tert-OH is 1. The number of aromatic nitrogens is 2. The number of ether oxygens (including phenoxy) is 1. The van der Waals surface area contributed by atoms with E-state index in [1.54, 1.807) is 17.9 Å². The summed E-state index contributed by atoms with van der Waals surface area (Å²) < 4.78 is 5.31. The summed E-state index contributed by atoms with van der Waals surface area (Å²) in [5, 5.41) is 29.3. The van der Waals surface area contributed by atoms with Crippen LogP contribution in [0.3, 0.4) is 0 Å². The fourth-order valence-corrected chi connectivity index (χ4v) is 5.66. The van der Waals surface area contributed by atoms with Gasteiger partial charge in [-0.05, 0) is 47.9 Å². The molecule has 0 aliphatic heterocycles. The van der Waals surface area contributed by atoms with Crippen molar-refractivity contribution in [2.75, 3.05) is 0 Å². The van der Waals surface area contributed by atoms with Gasteiger partial charge >= 0.3 is 12.2 Å². The van der Waals surface area contributed by atoms with E-state index in [-0.39, 0.29) is 19.4 Å². The van der Waals surface area contributed by atoms with Crippen LogP contribution in [-0.2, 0) is 29.0 Å². The first kappa shape index (κ1) is 35.1. The SMILES string of the molecule is CC(C)(C)[C@H](NC(=O)OCc1cncs1)C(=O)N[C@@H](Cc1ccccc1)[C@@H](O)C[C@H](Cc1ccc(-c2ccccn2)cc1)NC(=O)O. The Bertz CT molecular complexity index is 1560. The number of amides is 3. The molecule has 5 N–H and O–H groups in total.